The van der Waals surface area contributed by atoms with Crippen molar-refractivity contribution in [2.75, 3.05) is 21.7 Å². The molecule has 0 aliphatic heterocycles. The van der Waals surface area contributed by atoms with E-state index in [1.807, 2.05) is 92.7 Å². The lowest BCUT2D eigenvalue weighted by Gasteiger charge is -2.11. The number of para-hydroxylation sites is 1. The molecule has 0 radical (unpaired) electrons. The Kier molecular flexibility index (Phi) is 7.16. The third-order valence-electron chi connectivity index (χ3n) is 4.62. The minimum Gasteiger partial charge on any atom is -0.325 e. The molecule has 0 aliphatic rings. The number of carbonyl (C=O) groups excluding carboxylic acids is 1. The molecule has 1 heterocycles. The number of hydrogen-bond acceptors (Lipinski definition) is 7. The van der Waals surface area contributed by atoms with Gasteiger partial charge in [0.2, 0.25) is 17.8 Å². The van der Waals surface area contributed by atoms with Gasteiger partial charge in [-0.05, 0) is 50.2 Å². The molecule has 3 N–H and O–H groups in total. The largest absolute Gasteiger partial charge is 0.325 e. The molecule has 4 aromatic rings. The second-order valence-corrected chi connectivity index (χ2v) is 8.39. The molecule has 7 nitrogen and oxygen atoms in total. The summed E-state index contributed by atoms with van der Waals surface area (Å²) in [6.45, 7) is 4.07. The average Bonchev–Trinajstić information content (AvgIpc) is 2.81. The van der Waals surface area contributed by atoms with Crippen molar-refractivity contribution in [2.24, 2.45) is 0 Å². The van der Waals surface area contributed by atoms with Gasteiger partial charge in [0.15, 0.2) is 5.16 Å². The number of nitrogens with one attached hydrogen (secondary N) is 3. The zero-order valence-electron chi connectivity index (χ0n) is 18.4. The molecule has 166 valence electrons. The van der Waals surface area contributed by atoms with E-state index in [-0.39, 0.29) is 11.7 Å². The van der Waals surface area contributed by atoms with Crippen LogP contribution in [0.3, 0.4) is 0 Å². The Labute approximate surface area is 197 Å². The quantitative estimate of drug-likeness (QED) is 0.293. The van der Waals surface area contributed by atoms with Crippen LogP contribution in [0.25, 0.3) is 0 Å². The summed E-state index contributed by atoms with van der Waals surface area (Å²) < 4.78 is 0. The fourth-order valence-corrected chi connectivity index (χ4v) is 3.55. The van der Waals surface area contributed by atoms with Gasteiger partial charge in [0.05, 0.1) is 5.75 Å². The van der Waals surface area contributed by atoms with Crippen LogP contribution in [0.5, 0.6) is 0 Å². The lowest BCUT2D eigenvalue weighted by Crippen LogP contribution is -2.14. The number of aryl methyl sites for hydroxylation is 2. The van der Waals surface area contributed by atoms with Gasteiger partial charge in [-0.15, -0.1) is 0 Å². The molecular weight excluding hydrogens is 432 g/mol. The van der Waals surface area contributed by atoms with E-state index in [1.165, 1.54) is 22.9 Å². The maximum atomic E-state index is 12.4. The van der Waals surface area contributed by atoms with Crippen LogP contribution in [0.15, 0.2) is 84.0 Å². The summed E-state index contributed by atoms with van der Waals surface area (Å²) >= 11 is 1.25. The maximum absolute atomic E-state index is 12.4. The van der Waals surface area contributed by atoms with Crippen molar-refractivity contribution in [1.29, 1.82) is 0 Å². The second kappa shape index (κ2) is 10.6. The summed E-state index contributed by atoms with van der Waals surface area (Å²) in [6, 6.07) is 25.3. The van der Waals surface area contributed by atoms with Crippen molar-refractivity contribution in [1.82, 2.24) is 15.0 Å². The average molecular weight is 457 g/mol. The maximum Gasteiger partial charge on any atom is 0.234 e. The van der Waals surface area contributed by atoms with Crippen molar-refractivity contribution in [3.63, 3.8) is 0 Å². The van der Waals surface area contributed by atoms with Crippen LogP contribution in [0.4, 0.5) is 29.0 Å². The zero-order chi connectivity index (χ0) is 23.0. The molecule has 3 aromatic carbocycles. The Hall–Kier alpha value is -3.91. The predicted octanol–water partition coefficient (Wildman–Crippen LogP) is 5.71. The van der Waals surface area contributed by atoms with Crippen molar-refractivity contribution in [3.05, 3.63) is 90.0 Å². The zero-order valence-corrected chi connectivity index (χ0v) is 19.2. The van der Waals surface area contributed by atoms with E-state index in [0.717, 1.165) is 17.1 Å². The molecule has 0 unspecified atom stereocenters. The molecule has 0 aliphatic carbocycles. The summed E-state index contributed by atoms with van der Waals surface area (Å²) in [6.07, 6.45) is 0. The first-order chi connectivity index (χ1) is 16.0. The van der Waals surface area contributed by atoms with E-state index in [0.29, 0.717) is 17.1 Å². The van der Waals surface area contributed by atoms with E-state index >= 15 is 0 Å². The molecule has 1 aromatic heterocycles. The van der Waals surface area contributed by atoms with Gasteiger partial charge in [0.25, 0.3) is 0 Å². The number of amides is 1. The highest BCUT2D eigenvalue weighted by molar-refractivity contribution is 7.99. The number of aromatic nitrogens is 3. The number of carbonyl (C=O) groups is 1. The topological polar surface area (TPSA) is 91.8 Å². The van der Waals surface area contributed by atoms with Crippen LogP contribution in [-0.4, -0.2) is 26.6 Å². The molecule has 33 heavy (non-hydrogen) atoms. The number of hydrogen-bond donors (Lipinski definition) is 3. The van der Waals surface area contributed by atoms with Crippen LogP contribution < -0.4 is 16.0 Å². The number of rotatable bonds is 8. The summed E-state index contributed by atoms with van der Waals surface area (Å²) in [5.41, 5.74) is 4.82. The van der Waals surface area contributed by atoms with E-state index in [4.69, 9.17) is 0 Å². The summed E-state index contributed by atoms with van der Waals surface area (Å²) in [5, 5.41) is 9.75. The number of anilines is 5. The molecule has 0 saturated carbocycles. The van der Waals surface area contributed by atoms with E-state index in [1.54, 1.807) is 0 Å². The monoisotopic (exact) mass is 456 g/mol. The predicted molar refractivity (Wildman–Crippen MR) is 135 cm³/mol. The van der Waals surface area contributed by atoms with Crippen LogP contribution in [-0.2, 0) is 4.79 Å². The first-order valence-corrected chi connectivity index (χ1v) is 11.4. The minimum atomic E-state index is -0.132. The smallest absolute Gasteiger partial charge is 0.234 e. The summed E-state index contributed by atoms with van der Waals surface area (Å²) in [4.78, 5) is 25.9. The minimum absolute atomic E-state index is 0.132. The molecule has 4 rings (SSSR count). The molecule has 0 atom stereocenters. The second-order valence-electron chi connectivity index (χ2n) is 7.45. The van der Waals surface area contributed by atoms with Crippen LogP contribution >= 0.6 is 11.8 Å². The Morgan fingerprint density at radius 1 is 0.697 bits per heavy atom. The molecule has 8 heteroatoms. The highest BCUT2D eigenvalue weighted by Crippen LogP contribution is 2.22. The van der Waals surface area contributed by atoms with Crippen molar-refractivity contribution in [3.8, 4) is 0 Å². The fraction of sp³-hybridized carbons (Fsp3) is 0.120. The third-order valence-corrected chi connectivity index (χ3v) is 5.47. The van der Waals surface area contributed by atoms with Gasteiger partial charge in [-0.25, -0.2) is 0 Å². The number of thioether (sulfide) groups is 1. The van der Waals surface area contributed by atoms with Crippen LogP contribution in [0.2, 0.25) is 0 Å². The Bertz CT molecular complexity index is 1150. The summed E-state index contributed by atoms with van der Waals surface area (Å²) in [5.74, 6) is 0.837. The van der Waals surface area contributed by atoms with Crippen molar-refractivity contribution < 1.29 is 4.79 Å². The lowest BCUT2D eigenvalue weighted by molar-refractivity contribution is -0.113. The Morgan fingerprint density at radius 2 is 1.21 bits per heavy atom. The third kappa shape index (κ3) is 6.78. The van der Waals surface area contributed by atoms with Gasteiger partial charge in [-0.1, -0.05) is 65.4 Å². The Morgan fingerprint density at radius 3 is 1.73 bits per heavy atom. The van der Waals surface area contributed by atoms with E-state index in [9.17, 15) is 4.79 Å². The number of nitrogens with zero attached hydrogens (tertiary/aromatic N) is 3. The van der Waals surface area contributed by atoms with Crippen molar-refractivity contribution in [2.45, 2.75) is 19.0 Å². The molecule has 0 fully saturated rings. The van der Waals surface area contributed by atoms with Gasteiger partial charge in [-0.2, -0.15) is 15.0 Å². The molecule has 0 bridgehead atoms. The van der Waals surface area contributed by atoms with Gasteiger partial charge >= 0.3 is 0 Å². The standard InChI is InChI=1S/C25H24N6OS/c1-17-8-12-20(13-9-17)27-23-29-24(28-21-14-10-18(2)11-15-21)31-25(30-23)33-16-22(32)26-19-6-4-3-5-7-19/h3-15H,16H2,1-2H3,(H,26,32)(H2,27,28,29,30,31). The first kappa shape index (κ1) is 22.3. The van der Waals surface area contributed by atoms with Gasteiger partial charge < -0.3 is 16.0 Å². The molecule has 0 spiro atoms. The van der Waals surface area contributed by atoms with Crippen LogP contribution in [0, 0.1) is 13.8 Å². The Balaban J connectivity index is 1.51. The molecular formula is C25H24N6OS. The van der Waals surface area contributed by atoms with Crippen molar-refractivity contribution >= 4 is 46.6 Å². The fourth-order valence-electron chi connectivity index (χ4n) is 2.91. The normalized spacial score (nSPS) is 10.5. The van der Waals surface area contributed by atoms with Gasteiger partial charge in [0.1, 0.15) is 0 Å². The summed E-state index contributed by atoms with van der Waals surface area (Å²) in [7, 11) is 0. The van der Waals surface area contributed by atoms with Crippen LogP contribution in [0.1, 0.15) is 11.1 Å². The highest BCUT2D eigenvalue weighted by Gasteiger charge is 2.11. The van der Waals surface area contributed by atoms with E-state index in [2.05, 4.69) is 30.9 Å². The van der Waals surface area contributed by atoms with E-state index < -0.39 is 0 Å². The molecule has 1 amide bonds. The SMILES string of the molecule is Cc1ccc(Nc2nc(Nc3ccc(C)cc3)nc(SCC(=O)Nc3ccccc3)n2)cc1. The van der Waals surface area contributed by atoms with Gasteiger partial charge in [-0.3, -0.25) is 4.79 Å². The first-order valence-electron chi connectivity index (χ1n) is 10.4. The number of benzene rings is 3. The molecule has 0 saturated heterocycles. The van der Waals surface area contributed by atoms with Gasteiger partial charge in [0, 0.05) is 17.1 Å². The lowest BCUT2D eigenvalue weighted by atomic mass is 10.2. The highest BCUT2D eigenvalue weighted by atomic mass is 32.2.